The number of halogens is 2. The lowest BCUT2D eigenvalue weighted by molar-refractivity contribution is 0.0585. The smallest absolute Gasteiger partial charge is 0.229 e. The van der Waals surface area contributed by atoms with E-state index in [0.29, 0.717) is 24.8 Å². The van der Waals surface area contributed by atoms with Gasteiger partial charge in [-0.2, -0.15) is 0 Å². The van der Waals surface area contributed by atoms with Gasteiger partial charge in [-0.25, -0.2) is 17.2 Å². The molecular formula is C22H27F2N3O2S. The van der Waals surface area contributed by atoms with Gasteiger partial charge in [0.05, 0.1) is 11.9 Å². The van der Waals surface area contributed by atoms with Gasteiger partial charge < -0.3 is 4.90 Å². The molecule has 2 heterocycles. The molecule has 0 radical (unpaired) electrons. The number of likely N-dealkylation sites (tertiary alicyclic amines) is 1. The fourth-order valence-corrected chi connectivity index (χ4v) is 5.04. The summed E-state index contributed by atoms with van der Waals surface area (Å²) >= 11 is 0. The summed E-state index contributed by atoms with van der Waals surface area (Å²) in [5.41, 5.74) is 3.66. The molecule has 1 fully saturated rings. The van der Waals surface area contributed by atoms with E-state index in [1.54, 1.807) is 18.2 Å². The van der Waals surface area contributed by atoms with Gasteiger partial charge in [0.15, 0.2) is 6.30 Å². The molecule has 0 amide bonds. The van der Waals surface area contributed by atoms with E-state index in [0.717, 1.165) is 43.3 Å². The van der Waals surface area contributed by atoms with Crippen LogP contribution in [0.3, 0.4) is 0 Å². The molecule has 1 N–H and O–H groups in total. The van der Waals surface area contributed by atoms with Crippen molar-refractivity contribution in [1.29, 1.82) is 0 Å². The molecule has 2 aromatic rings. The van der Waals surface area contributed by atoms with Gasteiger partial charge in [0.25, 0.3) is 0 Å². The third-order valence-corrected chi connectivity index (χ3v) is 6.58. The number of benzene rings is 2. The lowest BCUT2D eigenvalue weighted by Crippen LogP contribution is -2.47. The van der Waals surface area contributed by atoms with E-state index in [-0.39, 0.29) is 12.2 Å². The normalized spacial score (nSPS) is 19.0. The molecule has 0 bridgehead atoms. The second-order valence-corrected chi connectivity index (χ2v) is 9.94. The number of rotatable bonds is 6. The average molecular weight is 436 g/mol. The number of anilines is 2. The maximum atomic E-state index is 14.8. The lowest BCUT2D eigenvalue weighted by Gasteiger charge is -2.39. The van der Waals surface area contributed by atoms with Crippen LogP contribution in [0.15, 0.2) is 42.5 Å². The van der Waals surface area contributed by atoms with E-state index < -0.39 is 16.3 Å². The Balaban J connectivity index is 1.37. The zero-order chi connectivity index (χ0) is 21.3. The molecule has 2 aliphatic rings. The lowest BCUT2D eigenvalue weighted by atomic mass is 10.0. The zero-order valence-corrected chi connectivity index (χ0v) is 17.8. The van der Waals surface area contributed by atoms with Gasteiger partial charge in [0, 0.05) is 37.8 Å². The molecule has 162 valence electrons. The summed E-state index contributed by atoms with van der Waals surface area (Å²) in [4.78, 5) is 4.20. The molecule has 0 aliphatic carbocycles. The van der Waals surface area contributed by atoms with E-state index in [1.165, 1.54) is 17.7 Å². The van der Waals surface area contributed by atoms with E-state index >= 15 is 0 Å². The van der Waals surface area contributed by atoms with Crippen molar-refractivity contribution in [2.45, 2.75) is 38.0 Å². The number of nitrogens with zero attached hydrogens (tertiary/aromatic N) is 2. The maximum absolute atomic E-state index is 14.8. The molecule has 1 unspecified atom stereocenters. The summed E-state index contributed by atoms with van der Waals surface area (Å²) < 4.78 is 53.5. The number of nitrogens with one attached hydrogen (secondary N) is 1. The molecule has 8 heteroatoms. The Hall–Kier alpha value is -2.19. The molecule has 0 saturated carbocycles. The second kappa shape index (κ2) is 8.51. The summed E-state index contributed by atoms with van der Waals surface area (Å²) in [7, 11) is -3.32. The highest BCUT2D eigenvalue weighted by molar-refractivity contribution is 7.92. The van der Waals surface area contributed by atoms with Crippen molar-refractivity contribution in [1.82, 2.24) is 4.90 Å². The minimum Gasteiger partial charge on any atom is -0.368 e. The molecule has 1 saturated heterocycles. The molecular weight excluding hydrogens is 408 g/mol. The number of piperidine rings is 1. The van der Waals surface area contributed by atoms with Gasteiger partial charge in [-0.1, -0.05) is 18.2 Å². The molecule has 2 aromatic carbocycles. The first-order valence-corrected chi connectivity index (χ1v) is 12.2. The van der Waals surface area contributed by atoms with Crippen LogP contribution in [0.1, 0.15) is 24.0 Å². The quantitative estimate of drug-likeness (QED) is 0.705. The Morgan fingerprint density at radius 2 is 1.80 bits per heavy atom. The SMILES string of the molecule is CS(=O)(=O)Nc1ccc2c(c1)N(C1CCN(C(F)Cc3ccc(F)cc3)CC1)CC2. The Morgan fingerprint density at radius 3 is 2.47 bits per heavy atom. The summed E-state index contributed by atoms with van der Waals surface area (Å²) in [6.07, 6.45) is 2.98. The van der Waals surface area contributed by atoms with Crippen LogP contribution in [-0.2, 0) is 22.9 Å². The van der Waals surface area contributed by atoms with Gasteiger partial charge in [0.2, 0.25) is 10.0 Å². The topological polar surface area (TPSA) is 52.7 Å². The van der Waals surface area contributed by atoms with E-state index in [2.05, 4.69) is 9.62 Å². The van der Waals surface area contributed by atoms with Crippen molar-refractivity contribution in [3.05, 3.63) is 59.4 Å². The predicted octanol–water partition coefficient (Wildman–Crippen LogP) is 3.56. The summed E-state index contributed by atoms with van der Waals surface area (Å²) in [6.45, 7) is 2.23. The van der Waals surface area contributed by atoms with Crippen molar-refractivity contribution >= 4 is 21.4 Å². The van der Waals surface area contributed by atoms with Crippen LogP contribution in [-0.4, -0.2) is 51.5 Å². The first kappa shape index (κ1) is 21.1. The van der Waals surface area contributed by atoms with Crippen LogP contribution in [0, 0.1) is 5.82 Å². The first-order valence-electron chi connectivity index (χ1n) is 10.3. The number of sulfonamides is 1. The molecule has 0 spiro atoms. The minimum atomic E-state index is -3.32. The van der Waals surface area contributed by atoms with Crippen molar-refractivity contribution < 1.29 is 17.2 Å². The van der Waals surface area contributed by atoms with Crippen molar-refractivity contribution in [2.24, 2.45) is 0 Å². The monoisotopic (exact) mass is 435 g/mol. The Labute approximate surface area is 176 Å². The Morgan fingerprint density at radius 1 is 1.10 bits per heavy atom. The average Bonchev–Trinajstić information content (AvgIpc) is 3.12. The van der Waals surface area contributed by atoms with E-state index in [9.17, 15) is 17.2 Å². The number of fused-ring (bicyclic) bond motifs is 1. The number of alkyl halides is 1. The highest BCUT2D eigenvalue weighted by Gasteiger charge is 2.31. The molecule has 2 aliphatic heterocycles. The van der Waals surface area contributed by atoms with Crippen molar-refractivity contribution in [3.63, 3.8) is 0 Å². The third kappa shape index (κ3) is 4.92. The second-order valence-electron chi connectivity index (χ2n) is 8.19. The Kier molecular flexibility index (Phi) is 5.97. The molecule has 0 aromatic heterocycles. The third-order valence-electron chi connectivity index (χ3n) is 5.97. The van der Waals surface area contributed by atoms with E-state index in [4.69, 9.17) is 0 Å². The van der Waals surface area contributed by atoms with E-state index in [1.807, 2.05) is 17.0 Å². The first-order chi connectivity index (χ1) is 14.3. The van der Waals surface area contributed by atoms with Crippen LogP contribution in [0.2, 0.25) is 0 Å². The molecule has 30 heavy (non-hydrogen) atoms. The summed E-state index contributed by atoms with van der Waals surface area (Å²) in [5, 5.41) is 0. The fourth-order valence-electron chi connectivity index (χ4n) is 4.48. The van der Waals surface area contributed by atoms with Crippen molar-refractivity contribution in [2.75, 3.05) is 35.5 Å². The van der Waals surface area contributed by atoms with Gasteiger partial charge >= 0.3 is 0 Å². The summed E-state index contributed by atoms with van der Waals surface area (Å²) in [6, 6.07) is 12.0. The van der Waals surface area contributed by atoms with Crippen LogP contribution in [0.25, 0.3) is 0 Å². The van der Waals surface area contributed by atoms with Gasteiger partial charge in [0.1, 0.15) is 5.82 Å². The van der Waals surface area contributed by atoms with Gasteiger partial charge in [-0.3, -0.25) is 9.62 Å². The number of hydrogen-bond donors (Lipinski definition) is 1. The minimum absolute atomic E-state index is 0.262. The largest absolute Gasteiger partial charge is 0.368 e. The summed E-state index contributed by atoms with van der Waals surface area (Å²) in [5.74, 6) is -0.309. The van der Waals surface area contributed by atoms with Crippen LogP contribution in [0.4, 0.5) is 20.2 Å². The zero-order valence-electron chi connectivity index (χ0n) is 17.0. The highest BCUT2D eigenvalue weighted by atomic mass is 32.2. The molecule has 1 atom stereocenters. The number of hydrogen-bond acceptors (Lipinski definition) is 4. The van der Waals surface area contributed by atoms with Crippen molar-refractivity contribution in [3.8, 4) is 0 Å². The van der Waals surface area contributed by atoms with Crippen LogP contribution < -0.4 is 9.62 Å². The standard InChI is InChI=1S/C22H27F2N3O2S/c1-30(28,29)25-19-7-4-17-8-13-27(21(17)15-19)20-9-11-26(12-10-20)22(24)14-16-2-5-18(23)6-3-16/h2-7,15,20,22,25H,8-14H2,1H3. The fraction of sp³-hybridized carbons (Fsp3) is 0.455. The highest BCUT2D eigenvalue weighted by Crippen LogP contribution is 2.35. The van der Waals surface area contributed by atoms with Gasteiger partial charge in [-0.15, -0.1) is 0 Å². The van der Waals surface area contributed by atoms with Crippen LogP contribution >= 0.6 is 0 Å². The van der Waals surface area contributed by atoms with Crippen LogP contribution in [0.5, 0.6) is 0 Å². The predicted molar refractivity (Wildman–Crippen MR) is 116 cm³/mol. The Bertz CT molecular complexity index is 990. The maximum Gasteiger partial charge on any atom is 0.229 e. The van der Waals surface area contributed by atoms with Gasteiger partial charge in [-0.05, 0) is 54.7 Å². The molecule has 4 rings (SSSR count). The molecule has 5 nitrogen and oxygen atoms in total.